The summed E-state index contributed by atoms with van der Waals surface area (Å²) in [6.07, 6.45) is 9.67. The zero-order valence-corrected chi connectivity index (χ0v) is 23.4. The van der Waals surface area contributed by atoms with E-state index in [1.807, 2.05) is 6.92 Å². The molecule has 1 fully saturated rings. The first-order valence-electron chi connectivity index (χ1n) is 12.8. The minimum absolute atomic E-state index is 0.0574. The number of hydrogen-bond donors (Lipinski definition) is 3. The van der Waals surface area contributed by atoms with Crippen molar-refractivity contribution in [1.82, 2.24) is 38.2 Å². The van der Waals surface area contributed by atoms with E-state index in [-0.39, 0.29) is 11.9 Å². The van der Waals surface area contributed by atoms with Crippen molar-refractivity contribution in [3.63, 3.8) is 0 Å². The average Bonchev–Trinajstić information content (AvgIpc) is 3.62. The van der Waals surface area contributed by atoms with Crippen molar-refractivity contribution < 1.29 is 22.3 Å². The zero-order chi connectivity index (χ0) is 29.4. The molecule has 0 unspecified atom stereocenters. The van der Waals surface area contributed by atoms with Crippen LogP contribution in [0.1, 0.15) is 39.2 Å². The maximum Gasteiger partial charge on any atom is 0.333 e. The summed E-state index contributed by atoms with van der Waals surface area (Å²) in [5.74, 6) is 1.06. The summed E-state index contributed by atoms with van der Waals surface area (Å²) in [6.45, 7) is -0.945. The van der Waals surface area contributed by atoms with E-state index >= 15 is 0 Å². The van der Waals surface area contributed by atoms with Crippen LogP contribution >= 0.6 is 0 Å². The largest absolute Gasteiger partial charge is 0.390 e. The fourth-order valence-electron chi connectivity index (χ4n) is 4.45. The van der Waals surface area contributed by atoms with Crippen LogP contribution in [0, 0.1) is 0 Å². The second-order valence-corrected chi connectivity index (χ2v) is 12.3. The first-order chi connectivity index (χ1) is 19.4. The van der Waals surface area contributed by atoms with Gasteiger partial charge in [-0.15, -0.1) is 0 Å². The molecule has 0 bridgehead atoms. The van der Waals surface area contributed by atoms with E-state index in [1.165, 1.54) is 44.9 Å². The first-order valence-corrected chi connectivity index (χ1v) is 14.2. The molecule has 5 rings (SSSR count). The molecule has 41 heavy (non-hydrogen) atoms. The predicted molar refractivity (Wildman–Crippen MR) is 148 cm³/mol. The molecule has 4 aromatic rings. The van der Waals surface area contributed by atoms with Gasteiger partial charge in [-0.1, -0.05) is 0 Å². The summed E-state index contributed by atoms with van der Waals surface area (Å²) in [5, 5.41) is 24.9. The Kier molecular flexibility index (Phi) is 7.72. The summed E-state index contributed by atoms with van der Waals surface area (Å²) >= 11 is 0. The minimum Gasteiger partial charge on any atom is -0.390 e. The molecule has 0 aliphatic heterocycles. The molecule has 1 aliphatic rings. The minimum atomic E-state index is -3.79. The van der Waals surface area contributed by atoms with Gasteiger partial charge in [0, 0.05) is 56.0 Å². The topological polar surface area (TPSA) is 156 Å². The summed E-state index contributed by atoms with van der Waals surface area (Å²) < 4.78 is 53.5. The lowest BCUT2D eigenvalue weighted by atomic mass is 9.83. The van der Waals surface area contributed by atoms with Crippen LogP contribution in [0.4, 0.5) is 26.1 Å². The SMILES string of the molecule is CN(C)S(=O)(=O)n1cc(-c2nccc(Nc3cc(NC4CCC(C)(O)CC4)c(-c4ccn(C(F)F)n4)cn3)n2)cn1. The van der Waals surface area contributed by atoms with Gasteiger partial charge in [0.25, 0.3) is 0 Å². The van der Waals surface area contributed by atoms with Gasteiger partial charge in [-0.2, -0.15) is 35.8 Å². The number of hydrogen-bond acceptors (Lipinski definition) is 10. The third-order valence-corrected chi connectivity index (χ3v) is 8.43. The molecule has 3 N–H and O–H groups in total. The summed E-state index contributed by atoms with van der Waals surface area (Å²) in [7, 11) is -0.980. The van der Waals surface area contributed by atoms with E-state index in [9.17, 15) is 22.3 Å². The molecule has 16 heteroatoms. The van der Waals surface area contributed by atoms with Crippen LogP contribution in [0.2, 0.25) is 0 Å². The van der Waals surface area contributed by atoms with E-state index in [0.717, 1.165) is 21.2 Å². The second-order valence-electron chi connectivity index (χ2n) is 10.3. The predicted octanol–water partition coefficient (Wildman–Crippen LogP) is 3.50. The normalized spacial score (nSPS) is 19.6. The Morgan fingerprint density at radius 3 is 2.59 bits per heavy atom. The molecule has 0 atom stereocenters. The molecule has 0 amide bonds. The highest BCUT2D eigenvalue weighted by atomic mass is 32.2. The molecule has 4 aromatic heterocycles. The monoisotopic (exact) mass is 588 g/mol. The number of anilines is 3. The Morgan fingerprint density at radius 1 is 1.15 bits per heavy atom. The summed E-state index contributed by atoms with van der Waals surface area (Å²) in [4.78, 5) is 13.2. The molecular weight excluding hydrogens is 558 g/mol. The summed E-state index contributed by atoms with van der Waals surface area (Å²) in [6, 6.07) is 4.93. The van der Waals surface area contributed by atoms with Gasteiger partial charge >= 0.3 is 16.8 Å². The highest BCUT2D eigenvalue weighted by Crippen LogP contribution is 2.34. The van der Waals surface area contributed by atoms with E-state index in [2.05, 4.69) is 35.8 Å². The number of alkyl halides is 2. The molecule has 4 heterocycles. The van der Waals surface area contributed by atoms with Crippen molar-refractivity contribution in [3.8, 4) is 22.6 Å². The molecule has 13 nitrogen and oxygen atoms in total. The van der Waals surface area contributed by atoms with Gasteiger partial charge in [-0.25, -0.2) is 19.6 Å². The van der Waals surface area contributed by atoms with Crippen LogP contribution in [0.3, 0.4) is 0 Å². The van der Waals surface area contributed by atoms with Crippen LogP contribution in [0.25, 0.3) is 22.6 Å². The Balaban J connectivity index is 1.42. The van der Waals surface area contributed by atoms with Crippen LogP contribution in [0.5, 0.6) is 0 Å². The number of aliphatic hydroxyl groups is 1. The molecule has 0 saturated heterocycles. The maximum absolute atomic E-state index is 13.2. The molecule has 0 aromatic carbocycles. The molecule has 0 radical (unpaired) electrons. The van der Waals surface area contributed by atoms with Crippen LogP contribution < -0.4 is 10.6 Å². The van der Waals surface area contributed by atoms with E-state index < -0.39 is 22.4 Å². The maximum atomic E-state index is 13.2. The number of nitrogens with one attached hydrogen (secondary N) is 2. The van der Waals surface area contributed by atoms with Crippen LogP contribution in [0.15, 0.2) is 49.2 Å². The quantitative estimate of drug-likeness (QED) is 0.264. The van der Waals surface area contributed by atoms with Crippen molar-refractivity contribution in [2.24, 2.45) is 0 Å². The van der Waals surface area contributed by atoms with Crippen LogP contribution in [-0.4, -0.2) is 77.5 Å². The van der Waals surface area contributed by atoms with Gasteiger partial charge in [0.05, 0.1) is 29.3 Å². The molecule has 0 spiro atoms. The molecular formula is C25H30F2N10O3S. The van der Waals surface area contributed by atoms with Gasteiger partial charge in [-0.3, -0.25) is 0 Å². The second kappa shape index (κ2) is 11.1. The standard InChI is InChI=1S/C25H30F2N10O3S/c1-25(38)8-4-17(5-9-25)31-20-12-22(29-14-18(20)19-7-11-36(34-19)24(26)27)32-21-6-10-28-23(33-21)16-13-30-37(15-16)41(39,40)35(2)3/h6-7,10-15,17,24,38H,4-5,8-9H2,1-3H3,(H2,28,29,31,32,33). The molecule has 1 aliphatic carbocycles. The smallest absolute Gasteiger partial charge is 0.333 e. The number of rotatable bonds is 9. The van der Waals surface area contributed by atoms with Gasteiger partial charge in [0.1, 0.15) is 11.6 Å². The highest BCUT2D eigenvalue weighted by molar-refractivity contribution is 7.87. The van der Waals surface area contributed by atoms with Gasteiger partial charge in [0.2, 0.25) is 0 Å². The van der Waals surface area contributed by atoms with Crippen molar-refractivity contribution in [2.45, 2.75) is 50.8 Å². The van der Waals surface area contributed by atoms with Gasteiger partial charge in [0.15, 0.2) is 5.82 Å². The number of halogens is 2. The third-order valence-electron chi connectivity index (χ3n) is 6.84. The average molecular weight is 589 g/mol. The lowest BCUT2D eigenvalue weighted by molar-refractivity contribution is 0.0196. The lowest BCUT2D eigenvalue weighted by Crippen LogP contribution is -2.35. The van der Waals surface area contributed by atoms with E-state index in [4.69, 9.17) is 0 Å². The van der Waals surface area contributed by atoms with Crippen LogP contribution in [-0.2, 0) is 10.2 Å². The number of pyridine rings is 1. The van der Waals surface area contributed by atoms with Crippen molar-refractivity contribution in [3.05, 3.63) is 49.2 Å². The first kappa shape index (κ1) is 28.5. The van der Waals surface area contributed by atoms with Crippen molar-refractivity contribution >= 4 is 27.5 Å². The Hall–Kier alpha value is -4.02. The zero-order valence-electron chi connectivity index (χ0n) is 22.6. The lowest BCUT2D eigenvalue weighted by Gasteiger charge is -2.34. The van der Waals surface area contributed by atoms with Gasteiger partial charge < -0.3 is 15.7 Å². The van der Waals surface area contributed by atoms with Gasteiger partial charge in [-0.05, 0) is 44.7 Å². The Bertz CT molecular complexity index is 1630. The number of nitrogens with zero attached hydrogens (tertiary/aromatic N) is 8. The van der Waals surface area contributed by atoms with E-state index in [1.54, 1.807) is 18.3 Å². The fourth-order valence-corrected chi connectivity index (χ4v) is 5.20. The Morgan fingerprint density at radius 2 is 1.90 bits per heavy atom. The summed E-state index contributed by atoms with van der Waals surface area (Å²) in [5.41, 5.74) is 1.21. The fraction of sp³-hybridized carbons (Fsp3) is 0.400. The third kappa shape index (κ3) is 6.34. The molecule has 1 saturated carbocycles. The van der Waals surface area contributed by atoms with E-state index in [0.29, 0.717) is 51.7 Å². The Labute approximate surface area is 235 Å². The van der Waals surface area contributed by atoms with Crippen molar-refractivity contribution in [1.29, 1.82) is 0 Å². The number of aromatic nitrogens is 7. The highest BCUT2D eigenvalue weighted by Gasteiger charge is 2.29. The molecule has 218 valence electrons. The van der Waals surface area contributed by atoms with Crippen molar-refractivity contribution in [2.75, 3.05) is 24.7 Å².